The number of nitrogens with zero attached hydrogens (tertiary/aromatic N) is 3. The van der Waals surface area contributed by atoms with Gasteiger partial charge in [-0.25, -0.2) is 9.97 Å². The summed E-state index contributed by atoms with van der Waals surface area (Å²) in [5.74, 6) is 0.500. The maximum Gasteiger partial charge on any atom is 0.267 e. The lowest BCUT2D eigenvalue weighted by Crippen LogP contribution is -2.10. The maximum absolute atomic E-state index is 12.0. The first-order valence-electron chi connectivity index (χ1n) is 5.92. The lowest BCUT2D eigenvalue weighted by Gasteiger charge is -2.04. The molecule has 3 rings (SSSR count). The van der Waals surface area contributed by atoms with E-state index in [4.69, 9.17) is 0 Å². The number of aryl methyl sites for hydroxylation is 1. The van der Waals surface area contributed by atoms with Crippen molar-refractivity contribution in [2.75, 3.05) is 5.32 Å². The molecule has 20 heavy (non-hydrogen) atoms. The van der Waals surface area contributed by atoms with E-state index in [1.54, 1.807) is 6.20 Å². The van der Waals surface area contributed by atoms with Crippen LogP contribution < -0.4 is 5.32 Å². The van der Waals surface area contributed by atoms with Crippen LogP contribution >= 0.6 is 11.3 Å². The van der Waals surface area contributed by atoms with Gasteiger partial charge in [0.2, 0.25) is 0 Å². The predicted octanol–water partition coefficient (Wildman–Crippen LogP) is 2.49. The average Bonchev–Trinajstić information content (AvgIpc) is 3.10. The quantitative estimate of drug-likeness (QED) is 0.774. The molecule has 2 N–H and O–H groups in total. The van der Waals surface area contributed by atoms with Crippen LogP contribution in [0.25, 0.3) is 11.4 Å². The molecule has 0 saturated heterocycles. The van der Waals surface area contributed by atoms with Crippen molar-refractivity contribution in [2.24, 2.45) is 0 Å². The summed E-state index contributed by atoms with van der Waals surface area (Å²) in [5.41, 5.74) is 1.57. The van der Waals surface area contributed by atoms with Crippen LogP contribution in [-0.4, -0.2) is 26.1 Å². The molecule has 0 aliphatic carbocycles. The summed E-state index contributed by atoms with van der Waals surface area (Å²) in [6.45, 7) is 1.87. The number of rotatable bonds is 3. The highest BCUT2D eigenvalue weighted by Crippen LogP contribution is 2.20. The molecule has 7 heteroatoms. The monoisotopic (exact) mass is 285 g/mol. The van der Waals surface area contributed by atoms with Gasteiger partial charge in [-0.2, -0.15) is 5.10 Å². The smallest absolute Gasteiger partial charge is 0.267 e. The fourth-order valence-corrected chi connectivity index (χ4v) is 2.42. The number of carbonyl (C=O) groups is 1. The molecule has 3 aromatic rings. The van der Waals surface area contributed by atoms with Crippen molar-refractivity contribution >= 4 is 22.9 Å². The zero-order valence-corrected chi connectivity index (χ0v) is 11.4. The second kappa shape index (κ2) is 5.22. The SMILES string of the molecule is Cc1ncc(C(=O)Nc2cccc(-c3ncn[nH]3)c2)s1. The van der Waals surface area contributed by atoms with Gasteiger partial charge in [0.25, 0.3) is 5.91 Å². The van der Waals surface area contributed by atoms with Gasteiger partial charge < -0.3 is 5.32 Å². The Hall–Kier alpha value is -2.54. The summed E-state index contributed by atoms with van der Waals surface area (Å²) in [5, 5.41) is 10.3. The number of benzene rings is 1. The zero-order chi connectivity index (χ0) is 13.9. The fourth-order valence-electron chi connectivity index (χ4n) is 1.75. The predicted molar refractivity (Wildman–Crippen MR) is 76.6 cm³/mol. The van der Waals surface area contributed by atoms with Crippen LogP contribution in [0.2, 0.25) is 0 Å². The Morgan fingerprint density at radius 3 is 2.95 bits per heavy atom. The topological polar surface area (TPSA) is 83.6 Å². The minimum Gasteiger partial charge on any atom is -0.321 e. The number of carbonyl (C=O) groups excluding carboxylic acids is 1. The van der Waals surface area contributed by atoms with Crippen LogP contribution in [0.15, 0.2) is 36.8 Å². The fraction of sp³-hybridized carbons (Fsp3) is 0.0769. The maximum atomic E-state index is 12.0. The van der Waals surface area contributed by atoms with Crippen LogP contribution in [-0.2, 0) is 0 Å². The van der Waals surface area contributed by atoms with Gasteiger partial charge in [-0.15, -0.1) is 11.3 Å². The van der Waals surface area contributed by atoms with Gasteiger partial charge in [0.05, 0.1) is 11.2 Å². The van der Waals surface area contributed by atoms with E-state index in [2.05, 4.69) is 25.5 Å². The second-order valence-corrected chi connectivity index (χ2v) is 5.35. The summed E-state index contributed by atoms with van der Waals surface area (Å²) in [4.78, 5) is 20.8. The number of amides is 1. The van der Waals surface area contributed by atoms with Gasteiger partial charge in [0.1, 0.15) is 11.2 Å². The molecule has 100 valence electrons. The number of H-pyrrole nitrogens is 1. The highest BCUT2D eigenvalue weighted by atomic mass is 32.1. The van der Waals surface area contributed by atoms with E-state index in [0.717, 1.165) is 10.6 Å². The molecule has 0 aliphatic rings. The van der Waals surface area contributed by atoms with Crippen molar-refractivity contribution in [2.45, 2.75) is 6.92 Å². The van der Waals surface area contributed by atoms with Gasteiger partial charge in [0.15, 0.2) is 5.82 Å². The molecule has 2 aromatic heterocycles. The number of nitrogens with one attached hydrogen (secondary N) is 2. The summed E-state index contributed by atoms with van der Waals surface area (Å²) in [7, 11) is 0. The molecule has 0 unspecified atom stereocenters. The third-order valence-corrected chi connectivity index (χ3v) is 3.57. The first-order valence-corrected chi connectivity index (χ1v) is 6.73. The number of aromatic nitrogens is 4. The van der Waals surface area contributed by atoms with Crippen LogP contribution in [0, 0.1) is 6.92 Å². The van der Waals surface area contributed by atoms with Gasteiger partial charge in [0, 0.05) is 11.3 Å². The summed E-state index contributed by atoms with van der Waals surface area (Å²) in [6, 6.07) is 7.41. The normalized spacial score (nSPS) is 10.4. The standard InChI is InChI=1S/C13H11N5OS/c1-8-14-6-11(20-8)13(19)17-10-4-2-3-9(5-10)12-15-7-16-18-12/h2-7H,1H3,(H,17,19)(H,15,16,18). The molecule has 0 aliphatic heterocycles. The lowest BCUT2D eigenvalue weighted by molar-refractivity contribution is 0.103. The van der Waals surface area contributed by atoms with E-state index >= 15 is 0 Å². The van der Waals surface area contributed by atoms with E-state index < -0.39 is 0 Å². The molecule has 0 bridgehead atoms. The number of aromatic amines is 1. The Labute approximate surface area is 118 Å². The second-order valence-electron chi connectivity index (χ2n) is 4.11. The molecule has 0 fully saturated rings. The number of thiazole rings is 1. The van der Waals surface area contributed by atoms with Gasteiger partial charge in [-0.1, -0.05) is 12.1 Å². The Morgan fingerprint density at radius 1 is 1.35 bits per heavy atom. The number of hydrogen-bond acceptors (Lipinski definition) is 5. The van der Waals surface area contributed by atoms with Crippen LogP contribution in [0.3, 0.4) is 0 Å². The van der Waals surface area contributed by atoms with Crippen molar-refractivity contribution in [1.29, 1.82) is 0 Å². The Balaban J connectivity index is 1.81. The Kier molecular flexibility index (Phi) is 3.26. The molecule has 0 radical (unpaired) electrons. The largest absolute Gasteiger partial charge is 0.321 e. The van der Waals surface area contributed by atoms with Crippen molar-refractivity contribution in [3.05, 3.63) is 46.7 Å². The third kappa shape index (κ3) is 2.57. The number of anilines is 1. The van der Waals surface area contributed by atoms with Crippen molar-refractivity contribution in [1.82, 2.24) is 20.2 Å². The van der Waals surface area contributed by atoms with Crippen molar-refractivity contribution in [3.8, 4) is 11.4 Å². The van der Waals surface area contributed by atoms with E-state index in [1.165, 1.54) is 17.7 Å². The summed E-state index contributed by atoms with van der Waals surface area (Å²) < 4.78 is 0. The minimum absolute atomic E-state index is 0.162. The molecular formula is C13H11N5OS. The van der Waals surface area contributed by atoms with Gasteiger partial charge in [-0.3, -0.25) is 9.89 Å². The molecule has 6 nitrogen and oxygen atoms in total. The van der Waals surface area contributed by atoms with Gasteiger partial charge >= 0.3 is 0 Å². The van der Waals surface area contributed by atoms with E-state index in [0.29, 0.717) is 16.4 Å². The first kappa shape index (κ1) is 12.5. The number of hydrogen-bond donors (Lipinski definition) is 2. The minimum atomic E-state index is -0.162. The highest BCUT2D eigenvalue weighted by Gasteiger charge is 2.10. The van der Waals surface area contributed by atoms with Crippen LogP contribution in [0.5, 0.6) is 0 Å². The molecule has 0 spiro atoms. The lowest BCUT2D eigenvalue weighted by atomic mass is 10.2. The van der Waals surface area contributed by atoms with E-state index in [1.807, 2.05) is 31.2 Å². The third-order valence-electron chi connectivity index (χ3n) is 2.65. The molecule has 1 amide bonds. The van der Waals surface area contributed by atoms with Crippen molar-refractivity contribution < 1.29 is 4.79 Å². The molecule has 0 atom stereocenters. The molecular weight excluding hydrogens is 274 g/mol. The highest BCUT2D eigenvalue weighted by molar-refractivity contribution is 7.13. The van der Waals surface area contributed by atoms with E-state index in [-0.39, 0.29) is 5.91 Å². The van der Waals surface area contributed by atoms with E-state index in [9.17, 15) is 4.79 Å². The Bertz CT molecular complexity index is 735. The van der Waals surface area contributed by atoms with Crippen LogP contribution in [0.4, 0.5) is 5.69 Å². The average molecular weight is 285 g/mol. The van der Waals surface area contributed by atoms with Crippen molar-refractivity contribution in [3.63, 3.8) is 0 Å². The van der Waals surface area contributed by atoms with Gasteiger partial charge in [-0.05, 0) is 19.1 Å². The first-order chi connectivity index (χ1) is 9.72. The molecule has 2 heterocycles. The summed E-state index contributed by atoms with van der Waals surface area (Å²) >= 11 is 1.37. The summed E-state index contributed by atoms with van der Waals surface area (Å²) in [6.07, 6.45) is 3.02. The zero-order valence-electron chi connectivity index (χ0n) is 10.6. The van der Waals surface area contributed by atoms with Crippen LogP contribution in [0.1, 0.15) is 14.7 Å². The Morgan fingerprint density at radius 2 is 2.25 bits per heavy atom. The molecule has 1 aromatic carbocycles. The molecule has 0 saturated carbocycles.